The molecular weight excluding hydrogens is 343 g/mol. The Morgan fingerprint density at radius 3 is 2.63 bits per heavy atom. The fraction of sp³-hybridized carbons (Fsp3) is 0.190. The summed E-state index contributed by atoms with van der Waals surface area (Å²) in [6.45, 7) is 0. The number of allylic oxidation sites excluding steroid dienone is 2. The summed E-state index contributed by atoms with van der Waals surface area (Å²) in [6.07, 6.45) is 2.01. The van der Waals surface area contributed by atoms with E-state index in [4.69, 9.17) is 0 Å². The second-order valence-electron chi connectivity index (χ2n) is 6.79. The summed E-state index contributed by atoms with van der Waals surface area (Å²) >= 11 is 0. The first-order chi connectivity index (χ1) is 13.2. The van der Waals surface area contributed by atoms with Crippen LogP contribution in [0.15, 0.2) is 65.9 Å². The SMILES string of the molecule is O=C1CCCC2=C1C(c1ccccc1F)n1nc(-c3ccccc3)nc1N2. The number of halogens is 1. The quantitative estimate of drug-likeness (QED) is 0.747. The first-order valence-electron chi connectivity index (χ1n) is 9.02. The van der Waals surface area contributed by atoms with Gasteiger partial charge in [0.1, 0.15) is 11.9 Å². The maximum atomic E-state index is 14.7. The van der Waals surface area contributed by atoms with Gasteiger partial charge < -0.3 is 5.32 Å². The summed E-state index contributed by atoms with van der Waals surface area (Å²) in [5.74, 6) is 0.777. The lowest BCUT2D eigenvalue weighted by Gasteiger charge is -2.32. The number of rotatable bonds is 2. The molecule has 1 aromatic heterocycles. The summed E-state index contributed by atoms with van der Waals surface area (Å²) in [5, 5.41) is 7.90. The Balaban J connectivity index is 1.71. The van der Waals surface area contributed by atoms with E-state index in [2.05, 4.69) is 15.4 Å². The van der Waals surface area contributed by atoms with Crippen LogP contribution in [0.5, 0.6) is 0 Å². The normalized spacial score (nSPS) is 18.7. The second-order valence-corrected chi connectivity index (χ2v) is 6.79. The molecule has 0 spiro atoms. The van der Waals surface area contributed by atoms with E-state index in [9.17, 15) is 9.18 Å². The van der Waals surface area contributed by atoms with Gasteiger partial charge in [-0.1, -0.05) is 48.5 Å². The second kappa shape index (κ2) is 6.16. The molecule has 0 amide bonds. The predicted molar refractivity (Wildman–Crippen MR) is 99.5 cm³/mol. The number of anilines is 1. The van der Waals surface area contributed by atoms with Crippen molar-refractivity contribution in [2.24, 2.45) is 0 Å². The van der Waals surface area contributed by atoms with Crippen molar-refractivity contribution in [3.8, 4) is 11.4 Å². The van der Waals surface area contributed by atoms with Crippen molar-refractivity contribution in [3.63, 3.8) is 0 Å². The lowest BCUT2D eigenvalue weighted by Crippen LogP contribution is -2.32. The molecule has 0 fully saturated rings. The number of nitrogens with zero attached hydrogens (tertiary/aromatic N) is 3. The van der Waals surface area contributed by atoms with Crippen molar-refractivity contribution in [1.82, 2.24) is 14.8 Å². The molecule has 6 heteroatoms. The van der Waals surface area contributed by atoms with E-state index >= 15 is 0 Å². The van der Waals surface area contributed by atoms with Crippen molar-refractivity contribution in [2.75, 3.05) is 5.32 Å². The molecule has 2 heterocycles. The molecule has 27 heavy (non-hydrogen) atoms. The summed E-state index contributed by atoms with van der Waals surface area (Å²) in [5.41, 5.74) is 2.74. The zero-order valence-electron chi connectivity index (χ0n) is 14.5. The lowest BCUT2D eigenvalue weighted by molar-refractivity contribution is -0.116. The Morgan fingerprint density at radius 1 is 1.04 bits per heavy atom. The highest BCUT2D eigenvalue weighted by molar-refractivity contribution is 5.99. The molecule has 1 unspecified atom stereocenters. The van der Waals surface area contributed by atoms with Crippen molar-refractivity contribution >= 4 is 11.7 Å². The third-order valence-corrected chi connectivity index (χ3v) is 5.10. The first kappa shape index (κ1) is 15.9. The topological polar surface area (TPSA) is 59.8 Å². The fourth-order valence-electron chi connectivity index (χ4n) is 3.85. The van der Waals surface area contributed by atoms with Crippen LogP contribution >= 0.6 is 0 Å². The number of Topliss-reactive ketones (excluding diaryl/α,β-unsaturated/α-hetero) is 1. The molecule has 1 aliphatic heterocycles. The third-order valence-electron chi connectivity index (χ3n) is 5.10. The minimum Gasteiger partial charge on any atom is -0.328 e. The summed E-state index contributed by atoms with van der Waals surface area (Å²) < 4.78 is 16.3. The van der Waals surface area contributed by atoms with Crippen LogP contribution in [-0.2, 0) is 4.79 Å². The summed E-state index contributed by atoms with van der Waals surface area (Å²) in [4.78, 5) is 17.3. The summed E-state index contributed by atoms with van der Waals surface area (Å²) in [6, 6.07) is 15.6. The highest BCUT2D eigenvalue weighted by Gasteiger charge is 2.37. The number of carbonyl (C=O) groups is 1. The molecule has 0 saturated heterocycles. The van der Waals surface area contributed by atoms with Crippen LogP contribution in [0, 0.1) is 5.82 Å². The van der Waals surface area contributed by atoms with Gasteiger partial charge in [0.25, 0.3) is 0 Å². The van der Waals surface area contributed by atoms with Gasteiger partial charge in [0.05, 0.1) is 0 Å². The van der Waals surface area contributed by atoms with E-state index in [0.29, 0.717) is 29.3 Å². The van der Waals surface area contributed by atoms with E-state index in [0.717, 1.165) is 24.1 Å². The monoisotopic (exact) mass is 360 g/mol. The predicted octanol–water partition coefficient (Wildman–Crippen LogP) is 4.11. The van der Waals surface area contributed by atoms with Crippen LogP contribution in [0.3, 0.4) is 0 Å². The molecule has 0 saturated carbocycles. The molecule has 5 rings (SSSR count). The zero-order valence-corrected chi connectivity index (χ0v) is 14.5. The summed E-state index contributed by atoms with van der Waals surface area (Å²) in [7, 11) is 0. The Hall–Kier alpha value is -3.28. The van der Waals surface area contributed by atoms with Crippen molar-refractivity contribution in [3.05, 3.63) is 77.2 Å². The average Bonchev–Trinajstić information content (AvgIpc) is 3.12. The van der Waals surface area contributed by atoms with E-state index in [1.54, 1.807) is 22.9 Å². The fourth-order valence-corrected chi connectivity index (χ4v) is 3.85. The molecule has 3 aromatic rings. The number of hydrogen-bond acceptors (Lipinski definition) is 4. The van der Waals surface area contributed by atoms with Crippen LogP contribution in [0.25, 0.3) is 11.4 Å². The highest BCUT2D eigenvalue weighted by Crippen LogP contribution is 2.41. The average molecular weight is 360 g/mol. The van der Waals surface area contributed by atoms with Crippen LogP contribution in [0.4, 0.5) is 10.3 Å². The minimum atomic E-state index is -0.602. The Kier molecular flexibility index (Phi) is 3.63. The van der Waals surface area contributed by atoms with Gasteiger partial charge in [-0.2, -0.15) is 4.98 Å². The molecule has 0 radical (unpaired) electrons. The molecule has 2 aliphatic rings. The number of fused-ring (bicyclic) bond motifs is 1. The molecule has 2 aromatic carbocycles. The van der Waals surface area contributed by atoms with Crippen LogP contribution in [-0.4, -0.2) is 20.5 Å². The van der Waals surface area contributed by atoms with E-state index in [1.807, 2.05) is 30.3 Å². The zero-order chi connectivity index (χ0) is 18.4. The number of aromatic nitrogens is 3. The largest absolute Gasteiger partial charge is 0.328 e. The third kappa shape index (κ3) is 2.56. The van der Waals surface area contributed by atoms with Crippen LogP contribution < -0.4 is 5.32 Å². The van der Waals surface area contributed by atoms with Gasteiger partial charge in [0.15, 0.2) is 11.6 Å². The van der Waals surface area contributed by atoms with Crippen molar-refractivity contribution in [1.29, 1.82) is 0 Å². The molecule has 134 valence electrons. The van der Waals surface area contributed by atoms with Gasteiger partial charge in [0, 0.05) is 28.8 Å². The number of ketones is 1. The molecule has 5 nitrogen and oxygen atoms in total. The van der Waals surface area contributed by atoms with Gasteiger partial charge in [0.2, 0.25) is 5.95 Å². The van der Waals surface area contributed by atoms with Gasteiger partial charge >= 0.3 is 0 Å². The minimum absolute atomic E-state index is 0.0411. The molecule has 0 bridgehead atoms. The number of carbonyl (C=O) groups excluding carboxylic acids is 1. The Morgan fingerprint density at radius 2 is 1.81 bits per heavy atom. The van der Waals surface area contributed by atoms with E-state index in [1.165, 1.54) is 6.07 Å². The first-order valence-corrected chi connectivity index (χ1v) is 9.02. The standard InChI is InChI=1S/C21H17FN4O/c22-15-10-5-4-9-14(15)19-18-16(11-6-12-17(18)27)23-21-24-20(25-26(19)21)13-7-2-1-3-8-13/h1-5,7-10,19H,6,11-12H2,(H,23,24,25). The maximum absolute atomic E-state index is 14.7. The lowest BCUT2D eigenvalue weighted by atomic mass is 9.85. The molecular formula is C21H17FN4O. The number of benzene rings is 2. The molecule has 1 atom stereocenters. The van der Waals surface area contributed by atoms with Crippen molar-refractivity contribution in [2.45, 2.75) is 25.3 Å². The van der Waals surface area contributed by atoms with Gasteiger partial charge in [-0.05, 0) is 18.9 Å². The molecule has 1 N–H and O–H groups in total. The smallest absolute Gasteiger partial charge is 0.226 e. The Bertz CT molecular complexity index is 1070. The van der Waals surface area contributed by atoms with Gasteiger partial charge in [-0.15, -0.1) is 5.10 Å². The highest BCUT2D eigenvalue weighted by atomic mass is 19.1. The Labute approximate surface area is 155 Å². The number of hydrogen-bond donors (Lipinski definition) is 1. The van der Waals surface area contributed by atoms with Gasteiger partial charge in [-0.25, -0.2) is 9.07 Å². The van der Waals surface area contributed by atoms with E-state index in [-0.39, 0.29) is 11.6 Å². The maximum Gasteiger partial charge on any atom is 0.226 e. The van der Waals surface area contributed by atoms with Crippen molar-refractivity contribution < 1.29 is 9.18 Å². The molecule has 1 aliphatic carbocycles. The van der Waals surface area contributed by atoms with Crippen LogP contribution in [0.1, 0.15) is 30.9 Å². The van der Waals surface area contributed by atoms with Gasteiger partial charge in [-0.3, -0.25) is 4.79 Å². The number of nitrogens with one attached hydrogen (secondary N) is 1. The van der Waals surface area contributed by atoms with Crippen LogP contribution in [0.2, 0.25) is 0 Å². The van der Waals surface area contributed by atoms with E-state index < -0.39 is 6.04 Å².